The first-order valence-corrected chi connectivity index (χ1v) is 23.8. The van der Waals surface area contributed by atoms with E-state index in [1.807, 2.05) is 25.4 Å². The summed E-state index contributed by atoms with van der Waals surface area (Å²) in [5, 5.41) is 11.5. The van der Waals surface area contributed by atoms with Gasteiger partial charge in [-0.1, -0.05) is 19.9 Å². The number of fused-ring (bicyclic) bond motifs is 8. The molecule has 8 rings (SSSR count). The van der Waals surface area contributed by atoms with Gasteiger partial charge in [-0.3, -0.25) is 19.6 Å². The van der Waals surface area contributed by atoms with Crippen molar-refractivity contribution in [3.8, 4) is 22.5 Å². The molecular weight excluding hydrogens is 835 g/mol. The Hall–Kier alpha value is -4.45. The van der Waals surface area contributed by atoms with E-state index >= 15 is 0 Å². The SMILES string of the molecule is CCO[C@@H]1c2nc(cs2)-c2ccc3c(c2)c(c(-c2cc(C4C[C@H]5COC[C@H](C4)N5)cnc2[C@H](C)OC)n3CC)CC(C)(C)COC(=O)[C@@H]2CCCN(N2)C(=O)[C@H]1NC(=O)OC(C)(C)C. The number of rotatable bonds is 8. The number of methoxy groups -OCH3 is 1. The van der Waals surface area contributed by atoms with Crippen LogP contribution in [0, 0.1) is 5.41 Å². The largest absolute Gasteiger partial charge is 0.464 e. The monoisotopic (exact) mass is 899 g/mol. The number of benzene rings is 1. The maximum atomic E-state index is 14.5. The molecule has 15 nitrogen and oxygen atoms in total. The minimum absolute atomic E-state index is 0.139. The molecule has 4 aliphatic heterocycles. The number of ether oxygens (including phenoxy) is 5. The molecule has 7 heterocycles. The lowest BCUT2D eigenvalue weighted by Crippen LogP contribution is -2.61. The summed E-state index contributed by atoms with van der Waals surface area (Å²) in [5.41, 5.74) is 9.78. The fourth-order valence-corrected chi connectivity index (χ4v) is 10.7. The molecule has 0 aliphatic carbocycles. The van der Waals surface area contributed by atoms with Gasteiger partial charge >= 0.3 is 12.1 Å². The molecule has 64 heavy (non-hydrogen) atoms. The van der Waals surface area contributed by atoms with Gasteiger partial charge < -0.3 is 38.9 Å². The van der Waals surface area contributed by atoms with Crippen LogP contribution in [0.15, 0.2) is 35.8 Å². The van der Waals surface area contributed by atoms with Crippen molar-refractivity contribution in [2.75, 3.05) is 40.1 Å². The third-order valence-corrected chi connectivity index (χ3v) is 13.7. The average Bonchev–Trinajstić information content (AvgIpc) is 3.87. The summed E-state index contributed by atoms with van der Waals surface area (Å²) in [6.07, 6.45) is 3.59. The predicted molar refractivity (Wildman–Crippen MR) is 245 cm³/mol. The number of esters is 1. The van der Waals surface area contributed by atoms with E-state index in [0.717, 1.165) is 57.5 Å². The van der Waals surface area contributed by atoms with Crippen molar-refractivity contribution >= 4 is 40.2 Å². The van der Waals surface area contributed by atoms with Crippen molar-refractivity contribution < 1.29 is 38.1 Å². The zero-order chi connectivity index (χ0) is 45.5. The number of nitrogens with zero attached hydrogens (tertiary/aromatic N) is 4. The van der Waals surface area contributed by atoms with Crippen LogP contribution < -0.4 is 16.1 Å². The van der Waals surface area contributed by atoms with E-state index in [1.165, 1.54) is 21.9 Å². The van der Waals surface area contributed by atoms with Gasteiger partial charge in [0, 0.05) is 77.9 Å². The summed E-state index contributed by atoms with van der Waals surface area (Å²) >= 11 is 1.37. The number of hydrazine groups is 1. The highest BCUT2D eigenvalue weighted by Gasteiger charge is 2.41. The van der Waals surface area contributed by atoms with Crippen molar-refractivity contribution in [2.45, 2.75) is 142 Å². The van der Waals surface area contributed by atoms with Gasteiger partial charge in [-0.05, 0) is 109 Å². The van der Waals surface area contributed by atoms with Crippen LogP contribution in [-0.2, 0) is 46.2 Å². The molecule has 3 fully saturated rings. The van der Waals surface area contributed by atoms with Crippen molar-refractivity contribution in [1.82, 2.24) is 35.6 Å². The molecule has 1 aromatic carbocycles. The summed E-state index contributed by atoms with van der Waals surface area (Å²) in [5.74, 6) is -0.594. The first-order valence-electron chi connectivity index (χ1n) is 22.9. The van der Waals surface area contributed by atoms with E-state index in [0.29, 0.717) is 68.6 Å². The maximum Gasteiger partial charge on any atom is 0.408 e. The van der Waals surface area contributed by atoms with Crippen LogP contribution in [0.25, 0.3) is 33.4 Å². The van der Waals surface area contributed by atoms with Crippen LogP contribution in [-0.4, -0.2) is 107 Å². The number of thiazole rings is 1. The van der Waals surface area contributed by atoms with Crippen molar-refractivity contribution in [3.63, 3.8) is 0 Å². The average molecular weight is 900 g/mol. The lowest BCUT2D eigenvalue weighted by molar-refractivity contribution is -0.156. The fraction of sp³-hybridized carbons (Fsp3) is 0.604. The summed E-state index contributed by atoms with van der Waals surface area (Å²) in [7, 11) is 1.72. The minimum Gasteiger partial charge on any atom is -0.464 e. The van der Waals surface area contributed by atoms with Gasteiger partial charge in [-0.2, -0.15) is 0 Å². The molecule has 4 aliphatic rings. The van der Waals surface area contributed by atoms with E-state index < -0.39 is 47.2 Å². The maximum absolute atomic E-state index is 14.5. The summed E-state index contributed by atoms with van der Waals surface area (Å²) in [6, 6.07) is 7.41. The van der Waals surface area contributed by atoms with Crippen LogP contribution in [0.4, 0.5) is 4.79 Å². The Morgan fingerprint density at radius 2 is 1.89 bits per heavy atom. The second-order valence-corrected chi connectivity index (χ2v) is 20.4. The Balaban J connectivity index is 1.29. The molecule has 3 saturated heterocycles. The molecule has 346 valence electrons. The molecular formula is C48H65N7O8S. The number of piperidine rings is 1. The highest BCUT2D eigenvalue weighted by atomic mass is 32.1. The number of hydrogen-bond acceptors (Lipinski definition) is 13. The number of nitrogens with one attached hydrogen (secondary N) is 3. The molecule has 0 unspecified atom stereocenters. The number of alkyl carbamates (subject to hydrolysis) is 1. The summed E-state index contributed by atoms with van der Waals surface area (Å²) in [6.45, 7) is 18.4. The van der Waals surface area contributed by atoms with Crippen molar-refractivity contribution in [2.24, 2.45) is 5.41 Å². The Bertz CT molecular complexity index is 2340. The standard InChI is InChI=1S/C48H65N7O8S/c1-10-54-38-15-14-28-19-33(38)35(41(54)34-20-30(22-49-39(34)27(3)59-9)29-17-31-23-60-24-32(18-29)50-31)21-48(7,8)26-62-45(57)36-13-12-16-55(53-36)44(56)40(52-46(58)63-47(4,5)6)42(61-11-2)43-51-37(28)25-64-43/h14-15,19-20,22,25,27,29,31-32,36,40,42,50,53H,10-13,16-18,21,23-24,26H2,1-9H3,(H,52,58)/t27-,31-,32-,36-,40-,42-/m0/s1. The van der Waals surface area contributed by atoms with Gasteiger partial charge in [0.1, 0.15) is 28.8 Å². The fourth-order valence-electron chi connectivity index (χ4n) is 9.77. The molecule has 16 heteroatoms. The molecule has 2 amide bonds. The van der Waals surface area contributed by atoms with Crippen LogP contribution in [0.1, 0.15) is 121 Å². The molecule has 0 saturated carbocycles. The Morgan fingerprint density at radius 1 is 1.12 bits per heavy atom. The zero-order valence-electron chi connectivity index (χ0n) is 38.7. The summed E-state index contributed by atoms with van der Waals surface area (Å²) < 4.78 is 32.4. The van der Waals surface area contributed by atoms with E-state index in [2.05, 4.69) is 65.7 Å². The highest BCUT2D eigenvalue weighted by molar-refractivity contribution is 7.10. The van der Waals surface area contributed by atoms with Gasteiger partial charge in [0.2, 0.25) is 0 Å². The molecule has 8 bridgehead atoms. The first kappa shape index (κ1) is 46.1. The lowest BCUT2D eigenvalue weighted by Gasteiger charge is -2.40. The van der Waals surface area contributed by atoms with Gasteiger partial charge in [-0.15, -0.1) is 11.3 Å². The van der Waals surface area contributed by atoms with Crippen LogP contribution in [0.3, 0.4) is 0 Å². The number of aromatic nitrogens is 3. The second kappa shape index (κ2) is 18.8. The molecule has 3 N–H and O–H groups in total. The molecule has 0 spiro atoms. The third-order valence-electron chi connectivity index (χ3n) is 12.8. The summed E-state index contributed by atoms with van der Waals surface area (Å²) in [4.78, 5) is 52.2. The number of pyridine rings is 1. The molecule has 6 atom stereocenters. The number of aryl methyl sites for hydroxylation is 1. The Kier molecular flexibility index (Phi) is 13.5. The van der Waals surface area contributed by atoms with Crippen LogP contribution >= 0.6 is 11.3 Å². The van der Waals surface area contributed by atoms with E-state index in [4.69, 9.17) is 33.7 Å². The first-order chi connectivity index (χ1) is 30.6. The van der Waals surface area contributed by atoms with Gasteiger partial charge in [-0.25, -0.2) is 15.2 Å². The Labute approximate surface area is 380 Å². The zero-order valence-corrected chi connectivity index (χ0v) is 39.6. The minimum atomic E-state index is -1.23. The lowest BCUT2D eigenvalue weighted by atomic mass is 9.81. The van der Waals surface area contributed by atoms with Crippen molar-refractivity contribution in [1.29, 1.82) is 0 Å². The third kappa shape index (κ3) is 9.73. The molecule has 4 aromatic rings. The topological polar surface area (TPSA) is 167 Å². The number of carbonyl (C=O) groups excluding carboxylic acids is 3. The van der Waals surface area contributed by atoms with E-state index in [-0.39, 0.29) is 19.3 Å². The predicted octanol–water partition coefficient (Wildman–Crippen LogP) is 7.38. The quantitative estimate of drug-likeness (QED) is 0.151. The number of cyclic esters (lactones) is 1. The number of carbonyl (C=O) groups is 3. The van der Waals surface area contributed by atoms with Crippen molar-refractivity contribution in [3.05, 3.63) is 57.7 Å². The van der Waals surface area contributed by atoms with Gasteiger partial charge in [0.25, 0.3) is 5.91 Å². The van der Waals surface area contributed by atoms with E-state index in [1.54, 1.807) is 27.9 Å². The second-order valence-electron chi connectivity index (χ2n) is 19.5. The smallest absolute Gasteiger partial charge is 0.408 e. The molecule has 0 radical (unpaired) electrons. The highest BCUT2D eigenvalue weighted by Crippen LogP contribution is 2.44. The Morgan fingerprint density at radius 3 is 2.59 bits per heavy atom. The van der Waals surface area contributed by atoms with Crippen LogP contribution in [0.5, 0.6) is 0 Å². The number of amides is 2. The normalized spacial score (nSPS) is 25.7. The van der Waals surface area contributed by atoms with Crippen LogP contribution in [0.2, 0.25) is 0 Å². The molecule has 3 aromatic heterocycles. The van der Waals surface area contributed by atoms with Gasteiger partial charge in [0.15, 0.2) is 0 Å². The number of morpholine rings is 1. The van der Waals surface area contributed by atoms with Gasteiger partial charge in [0.05, 0.1) is 43.0 Å². The van der Waals surface area contributed by atoms with E-state index in [9.17, 15) is 14.4 Å². The number of hydrogen-bond donors (Lipinski definition) is 3.